The highest BCUT2D eigenvalue weighted by Gasteiger charge is 2.45. The van der Waals surface area contributed by atoms with Gasteiger partial charge in [-0.15, -0.1) is 0 Å². The molecule has 0 radical (unpaired) electrons. The van der Waals surface area contributed by atoms with Crippen LogP contribution < -0.4 is 5.73 Å². The zero-order valence-electron chi connectivity index (χ0n) is 6.43. The predicted molar refractivity (Wildman–Crippen MR) is 39.5 cm³/mol. The fourth-order valence-electron chi connectivity index (χ4n) is 1.35. The van der Waals surface area contributed by atoms with Gasteiger partial charge >= 0.3 is 11.9 Å². The first-order valence-corrected chi connectivity index (χ1v) is 3.72. The first kappa shape index (κ1) is 8.99. The molecule has 0 aromatic heterocycles. The van der Waals surface area contributed by atoms with Crippen LogP contribution in [0.15, 0.2) is 0 Å². The highest BCUT2D eigenvalue weighted by atomic mass is 16.4. The van der Waals surface area contributed by atoms with Crippen LogP contribution in [0.1, 0.15) is 12.8 Å². The minimum atomic E-state index is -1.05. The minimum absolute atomic E-state index is 0.0334. The van der Waals surface area contributed by atoms with E-state index in [2.05, 4.69) is 0 Å². The summed E-state index contributed by atoms with van der Waals surface area (Å²) in [6, 6.07) is -0.894. The molecule has 1 aliphatic rings. The van der Waals surface area contributed by atoms with Crippen LogP contribution in [0.3, 0.4) is 0 Å². The Morgan fingerprint density at radius 3 is 2.50 bits per heavy atom. The molecule has 0 unspecified atom stereocenters. The van der Waals surface area contributed by atoms with Gasteiger partial charge < -0.3 is 15.9 Å². The van der Waals surface area contributed by atoms with Crippen LogP contribution in [-0.2, 0) is 9.59 Å². The van der Waals surface area contributed by atoms with Crippen molar-refractivity contribution in [2.75, 3.05) is 0 Å². The first-order valence-electron chi connectivity index (χ1n) is 3.72. The Balaban J connectivity index is 2.32. The smallest absolute Gasteiger partial charge is 0.320 e. The third-order valence-corrected chi connectivity index (χ3v) is 2.16. The van der Waals surface area contributed by atoms with Crippen molar-refractivity contribution in [3.63, 3.8) is 0 Å². The van der Waals surface area contributed by atoms with Crippen molar-refractivity contribution in [3.05, 3.63) is 0 Å². The van der Waals surface area contributed by atoms with Gasteiger partial charge in [0.25, 0.3) is 0 Å². The van der Waals surface area contributed by atoms with Gasteiger partial charge in [0.05, 0.1) is 0 Å². The lowest BCUT2D eigenvalue weighted by molar-refractivity contribution is -0.140. The molecule has 1 rings (SSSR count). The second kappa shape index (κ2) is 3.10. The predicted octanol–water partition coefficient (Wildman–Crippen LogP) is -0.491. The average Bonchev–Trinajstić information content (AvgIpc) is 2.64. The number of rotatable bonds is 4. The number of carbonyl (C=O) groups is 2. The molecule has 0 bridgehead atoms. The van der Waals surface area contributed by atoms with E-state index >= 15 is 0 Å². The van der Waals surface area contributed by atoms with E-state index < -0.39 is 18.0 Å². The van der Waals surface area contributed by atoms with E-state index in [9.17, 15) is 9.59 Å². The molecule has 0 aromatic rings. The maximum atomic E-state index is 10.3. The molecule has 0 heterocycles. The highest BCUT2D eigenvalue weighted by molar-refractivity contribution is 5.74. The molecule has 0 aliphatic heterocycles. The van der Waals surface area contributed by atoms with Gasteiger partial charge in [-0.2, -0.15) is 0 Å². The summed E-state index contributed by atoms with van der Waals surface area (Å²) in [4.78, 5) is 20.5. The number of hydrogen-bond acceptors (Lipinski definition) is 3. The lowest BCUT2D eigenvalue weighted by Crippen LogP contribution is -2.33. The molecule has 4 N–H and O–H groups in total. The molecule has 1 aliphatic carbocycles. The third kappa shape index (κ3) is 1.94. The Kier molecular flexibility index (Phi) is 2.32. The van der Waals surface area contributed by atoms with E-state index in [-0.39, 0.29) is 18.3 Å². The van der Waals surface area contributed by atoms with E-state index in [1.54, 1.807) is 0 Å². The maximum absolute atomic E-state index is 10.3. The molecule has 0 saturated heterocycles. The van der Waals surface area contributed by atoms with E-state index in [0.29, 0.717) is 6.42 Å². The summed E-state index contributed by atoms with van der Waals surface area (Å²) in [5.74, 6) is -2.11. The molecule has 12 heavy (non-hydrogen) atoms. The second-order valence-electron chi connectivity index (χ2n) is 3.12. The van der Waals surface area contributed by atoms with Crippen molar-refractivity contribution in [1.82, 2.24) is 0 Å². The molecule has 5 heteroatoms. The monoisotopic (exact) mass is 173 g/mol. The Morgan fingerprint density at radius 1 is 1.50 bits per heavy atom. The standard InChI is InChI=1S/C7H11NO4/c8-6(7(11)12)4-1-3(4)2-5(9)10/h3-4,6H,1-2,8H2,(H,9,10)(H,11,12)/t3-,4+,6+/m1/s1. The lowest BCUT2D eigenvalue weighted by Gasteiger charge is -2.03. The van der Waals surface area contributed by atoms with E-state index in [4.69, 9.17) is 15.9 Å². The summed E-state index contributed by atoms with van der Waals surface area (Å²) in [6.45, 7) is 0. The quantitative estimate of drug-likeness (QED) is 0.532. The fourth-order valence-corrected chi connectivity index (χ4v) is 1.35. The van der Waals surface area contributed by atoms with Crippen LogP contribution in [0.5, 0.6) is 0 Å². The number of aliphatic carboxylic acids is 2. The van der Waals surface area contributed by atoms with Crippen molar-refractivity contribution in [1.29, 1.82) is 0 Å². The van der Waals surface area contributed by atoms with Gasteiger partial charge in [0.15, 0.2) is 0 Å². The first-order chi connectivity index (χ1) is 5.52. The fraction of sp³-hybridized carbons (Fsp3) is 0.714. The molecule has 0 amide bonds. The van der Waals surface area contributed by atoms with Crippen LogP contribution in [0.25, 0.3) is 0 Å². The van der Waals surface area contributed by atoms with Gasteiger partial charge in [-0.1, -0.05) is 0 Å². The van der Waals surface area contributed by atoms with E-state index in [1.807, 2.05) is 0 Å². The summed E-state index contributed by atoms with van der Waals surface area (Å²) >= 11 is 0. The Morgan fingerprint density at radius 2 is 2.08 bits per heavy atom. The van der Waals surface area contributed by atoms with Crippen molar-refractivity contribution < 1.29 is 19.8 Å². The van der Waals surface area contributed by atoms with Gasteiger partial charge in [-0.3, -0.25) is 9.59 Å². The summed E-state index contributed by atoms with van der Waals surface area (Å²) < 4.78 is 0. The van der Waals surface area contributed by atoms with E-state index in [0.717, 1.165) is 0 Å². The van der Waals surface area contributed by atoms with Gasteiger partial charge in [0.1, 0.15) is 6.04 Å². The molecule has 3 atom stereocenters. The number of carboxylic acid groups (broad SMARTS) is 2. The molecule has 1 saturated carbocycles. The van der Waals surface area contributed by atoms with Crippen molar-refractivity contribution in [2.45, 2.75) is 18.9 Å². The molecule has 5 nitrogen and oxygen atoms in total. The minimum Gasteiger partial charge on any atom is -0.481 e. The second-order valence-corrected chi connectivity index (χ2v) is 3.12. The third-order valence-electron chi connectivity index (χ3n) is 2.16. The van der Waals surface area contributed by atoms with Gasteiger partial charge in [-0.25, -0.2) is 0 Å². The summed E-state index contributed by atoms with van der Waals surface area (Å²) in [5.41, 5.74) is 5.30. The molecule has 0 aromatic carbocycles. The number of nitrogens with two attached hydrogens (primary N) is 1. The summed E-state index contributed by atoms with van der Waals surface area (Å²) in [5, 5.41) is 16.8. The van der Waals surface area contributed by atoms with Crippen molar-refractivity contribution >= 4 is 11.9 Å². The van der Waals surface area contributed by atoms with Gasteiger partial charge in [0.2, 0.25) is 0 Å². The SMILES string of the molecule is N[C@H](C(=O)O)[C@H]1C[C@@H]1CC(=O)O. The zero-order valence-corrected chi connectivity index (χ0v) is 6.43. The Labute approximate surface area is 69.2 Å². The van der Waals surface area contributed by atoms with E-state index in [1.165, 1.54) is 0 Å². The largest absolute Gasteiger partial charge is 0.481 e. The van der Waals surface area contributed by atoms with Crippen LogP contribution in [0, 0.1) is 11.8 Å². The van der Waals surface area contributed by atoms with Crippen LogP contribution in [-0.4, -0.2) is 28.2 Å². The molecular formula is C7H11NO4. The van der Waals surface area contributed by atoms with Crippen LogP contribution in [0.2, 0.25) is 0 Å². The van der Waals surface area contributed by atoms with Gasteiger partial charge in [-0.05, 0) is 18.3 Å². The highest BCUT2D eigenvalue weighted by Crippen LogP contribution is 2.43. The molecule has 68 valence electrons. The molecule has 1 fully saturated rings. The Bertz CT molecular complexity index is 215. The topological polar surface area (TPSA) is 101 Å². The van der Waals surface area contributed by atoms with Crippen molar-refractivity contribution in [3.8, 4) is 0 Å². The Hall–Kier alpha value is -1.10. The van der Waals surface area contributed by atoms with Crippen LogP contribution >= 0.6 is 0 Å². The number of carboxylic acids is 2. The maximum Gasteiger partial charge on any atom is 0.320 e. The summed E-state index contributed by atoms with van der Waals surface area (Å²) in [7, 11) is 0. The number of hydrogen-bond donors (Lipinski definition) is 3. The lowest BCUT2D eigenvalue weighted by atomic mass is 10.1. The molecule has 0 spiro atoms. The van der Waals surface area contributed by atoms with Gasteiger partial charge in [0, 0.05) is 6.42 Å². The normalized spacial score (nSPS) is 29.4. The average molecular weight is 173 g/mol. The van der Waals surface area contributed by atoms with Crippen molar-refractivity contribution in [2.24, 2.45) is 17.6 Å². The zero-order chi connectivity index (χ0) is 9.30. The summed E-state index contributed by atoms with van der Waals surface area (Å²) in [6.07, 6.45) is 0.658. The molecular weight excluding hydrogens is 162 g/mol. The van der Waals surface area contributed by atoms with Crippen LogP contribution in [0.4, 0.5) is 0 Å².